The lowest BCUT2D eigenvalue weighted by Crippen LogP contribution is -2.12. The summed E-state index contributed by atoms with van der Waals surface area (Å²) in [6.45, 7) is 0.775. The maximum Gasteiger partial charge on any atom is 0.175 e. The van der Waals surface area contributed by atoms with Crippen molar-refractivity contribution >= 4 is 76.4 Å². The Labute approximate surface area is 153 Å². The molecular formula is C13H14BI2N5. The van der Waals surface area contributed by atoms with Gasteiger partial charge in [-0.1, -0.05) is 29.7 Å². The topological polar surface area (TPSA) is 53.1 Å². The SMILES string of the molecule is [B]c1cccc(CCNc2ncnc(N(I)I)c2NC)c1. The van der Waals surface area contributed by atoms with E-state index >= 15 is 0 Å². The number of aromatic nitrogens is 2. The van der Waals surface area contributed by atoms with Gasteiger partial charge in [0.15, 0.2) is 11.6 Å². The summed E-state index contributed by atoms with van der Waals surface area (Å²) in [6, 6.07) is 7.92. The van der Waals surface area contributed by atoms with Gasteiger partial charge in [-0.15, -0.1) is 0 Å². The molecule has 108 valence electrons. The van der Waals surface area contributed by atoms with E-state index < -0.39 is 0 Å². The van der Waals surface area contributed by atoms with E-state index in [9.17, 15) is 0 Å². The molecule has 1 aromatic carbocycles. The molecule has 2 N–H and O–H groups in total. The molecule has 5 nitrogen and oxygen atoms in total. The van der Waals surface area contributed by atoms with E-state index in [2.05, 4.69) is 72.4 Å². The summed E-state index contributed by atoms with van der Waals surface area (Å²) in [4.78, 5) is 8.57. The highest BCUT2D eigenvalue weighted by Crippen LogP contribution is 2.33. The molecule has 2 radical (unpaired) electrons. The molecule has 0 fully saturated rings. The van der Waals surface area contributed by atoms with Crippen LogP contribution in [0.1, 0.15) is 5.56 Å². The van der Waals surface area contributed by atoms with Crippen molar-refractivity contribution in [2.45, 2.75) is 6.42 Å². The molecule has 0 saturated carbocycles. The molecule has 8 heteroatoms. The second kappa shape index (κ2) is 8.02. The van der Waals surface area contributed by atoms with Gasteiger partial charge in [-0.25, -0.2) is 11.3 Å². The number of anilines is 3. The Kier molecular flexibility index (Phi) is 6.33. The van der Waals surface area contributed by atoms with E-state index in [1.165, 1.54) is 5.56 Å². The Bertz CT molecular complexity index is 609. The summed E-state index contributed by atoms with van der Waals surface area (Å²) in [5.41, 5.74) is 2.87. The predicted octanol–water partition coefficient (Wildman–Crippen LogP) is 2.47. The third-order valence-electron chi connectivity index (χ3n) is 2.89. The minimum atomic E-state index is 0.775. The summed E-state index contributed by atoms with van der Waals surface area (Å²) >= 11 is 4.35. The molecule has 0 aliphatic carbocycles. The molecule has 0 aliphatic rings. The van der Waals surface area contributed by atoms with Gasteiger partial charge in [-0.3, -0.25) is 0 Å². The third kappa shape index (κ3) is 4.60. The van der Waals surface area contributed by atoms with Gasteiger partial charge >= 0.3 is 0 Å². The summed E-state index contributed by atoms with van der Waals surface area (Å²) in [5.74, 6) is 1.63. The smallest absolute Gasteiger partial charge is 0.175 e. The third-order valence-corrected chi connectivity index (χ3v) is 3.81. The Morgan fingerprint density at radius 3 is 2.76 bits per heavy atom. The summed E-state index contributed by atoms with van der Waals surface area (Å²) in [7, 11) is 7.65. The number of benzene rings is 1. The zero-order chi connectivity index (χ0) is 15.2. The number of hydrogen-bond donors (Lipinski definition) is 2. The fourth-order valence-electron chi connectivity index (χ4n) is 1.94. The highest BCUT2D eigenvalue weighted by Gasteiger charge is 2.12. The van der Waals surface area contributed by atoms with Crippen molar-refractivity contribution in [3.8, 4) is 0 Å². The first-order valence-electron chi connectivity index (χ1n) is 6.34. The van der Waals surface area contributed by atoms with Crippen LogP contribution >= 0.6 is 45.7 Å². The predicted molar refractivity (Wildman–Crippen MR) is 106 cm³/mol. The highest BCUT2D eigenvalue weighted by atomic mass is 127. The van der Waals surface area contributed by atoms with Crippen molar-refractivity contribution in [1.29, 1.82) is 0 Å². The number of nitrogens with zero attached hydrogens (tertiary/aromatic N) is 3. The normalized spacial score (nSPS) is 10.2. The quantitative estimate of drug-likeness (QED) is 0.360. The van der Waals surface area contributed by atoms with Crippen LogP contribution < -0.4 is 17.4 Å². The maximum absolute atomic E-state index is 5.78. The van der Waals surface area contributed by atoms with Gasteiger partial charge in [0.2, 0.25) is 0 Å². The van der Waals surface area contributed by atoms with Crippen molar-refractivity contribution < 1.29 is 0 Å². The monoisotopic (exact) mass is 505 g/mol. The van der Waals surface area contributed by atoms with E-state index in [1.54, 1.807) is 6.33 Å². The Morgan fingerprint density at radius 1 is 1.29 bits per heavy atom. The largest absolute Gasteiger partial charge is 0.382 e. The fraction of sp³-hybridized carbons (Fsp3) is 0.231. The molecule has 0 amide bonds. The lowest BCUT2D eigenvalue weighted by Gasteiger charge is -2.15. The molecule has 2 aromatic rings. The van der Waals surface area contributed by atoms with E-state index in [-0.39, 0.29) is 0 Å². The molecule has 1 heterocycles. The Balaban J connectivity index is 2.05. The van der Waals surface area contributed by atoms with E-state index in [4.69, 9.17) is 7.85 Å². The van der Waals surface area contributed by atoms with Gasteiger partial charge in [0.05, 0.1) is 45.7 Å². The first kappa shape index (κ1) is 16.6. The van der Waals surface area contributed by atoms with Crippen molar-refractivity contribution in [3.05, 3.63) is 36.2 Å². The van der Waals surface area contributed by atoms with Gasteiger partial charge in [-0.05, 0) is 12.0 Å². The lowest BCUT2D eigenvalue weighted by molar-refractivity contribution is 1.00. The molecule has 0 bridgehead atoms. The second-order valence-corrected chi connectivity index (χ2v) is 8.10. The van der Waals surface area contributed by atoms with E-state index in [1.807, 2.05) is 26.6 Å². The molecule has 0 aliphatic heterocycles. The van der Waals surface area contributed by atoms with Gasteiger partial charge in [0.1, 0.15) is 19.9 Å². The lowest BCUT2D eigenvalue weighted by atomic mass is 9.94. The van der Waals surface area contributed by atoms with E-state index in [0.29, 0.717) is 0 Å². The van der Waals surface area contributed by atoms with Crippen LogP contribution in [0, 0.1) is 0 Å². The molecule has 2 rings (SSSR count). The van der Waals surface area contributed by atoms with Crippen LogP contribution in [0.25, 0.3) is 0 Å². The maximum atomic E-state index is 5.78. The van der Waals surface area contributed by atoms with Crippen LogP contribution in [0.3, 0.4) is 0 Å². The van der Waals surface area contributed by atoms with Crippen LogP contribution in [0.5, 0.6) is 0 Å². The zero-order valence-electron chi connectivity index (χ0n) is 11.5. The molecular weight excluding hydrogens is 491 g/mol. The zero-order valence-corrected chi connectivity index (χ0v) is 15.8. The number of rotatable bonds is 6. The Morgan fingerprint density at radius 2 is 2.10 bits per heavy atom. The second-order valence-electron chi connectivity index (χ2n) is 4.33. The Hall–Kier alpha value is -0.775. The molecule has 1 aromatic heterocycles. The first-order chi connectivity index (χ1) is 10.1. The number of hydrogen-bond acceptors (Lipinski definition) is 5. The fourth-order valence-corrected chi connectivity index (χ4v) is 2.67. The molecule has 21 heavy (non-hydrogen) atoms. The van der Waals surface area contributed by atoms with Crippen LogP contribution in [-0.2, 0) is 6.42 Å². The van der Waals surface area contributed by atoms with Gasteiger partial charge < -0.3 is 10.6 Å². The number of nitrogens with one attached hydrogen (secondary N) is 2. The van der Waals surface area contributed by atoms with Crippen molar-refractivity contribution in [3.63, 3.8) is 0 Å². The summed E-state index contributed by atoms with van der Waals surface area (Å²) in [6.07, 6.45) is 2.44. The molecule has 0 spiro atoms. The molecule has 0 atom stereocenters. The van der Waals surface area contributed by atoms with Crippen molar-refractivity contribution in [2.24, 2.45) is 0 Å². The average molecular weight is 505 g/mol. The van der Waals surface area contributed by atoms with E-state index in [0.717, 1.165) is 35.8 Å². The van der Waals surface area contributed by atoms with Crippen LogP contribution in [0.2, 0.25) is 0 Å². The van der Waals surface area contributed by atoms with Crippen LogP contribution in [0.4, 0.5) is 17.3 Å². The average Bonchev–Trinajstić information content (AvgIpc) is 2.47. The van der Waals surface area contributed by atoms with Gasteiger partial charge in [0.25, 0.3) is 0 Å². The van der Waals surface area contributed by atoms with Crippen molar-refractivity contribution in [2.75, 3.05) is 25.6 Å². The van der Waals surface area contributed by atoms with Crippen LogP contribution in [0.15, 0.2) is 30.6 Å². The summed E-state index contributed by atoms with van der Waals surface area (Å²) < 4.78 is 1.89. The van der Waals surface area contributed by atoms with Crippen molar-refractivity contribution in [1.82, 2.24) is 9.97 Å². The van der Waals surface area contributed by atoms with Gasteiger partial charge in [0, 0.05) is 13.6 Å². The van der Waals surface area contributed by atoms with Gasteiger partial charge in [-0.2, -0.15) is 0 Å². The number of halogens is 2. The summed E-state index contributed by atoms with van der Waals surface area (Å²) in [5, 5.41) is 6.48. The first-order valence-corrected chi connectivity index (χ1v) is 8.27. The minimum Gasteiger partial charge on any atom is -0.382 e. The minimum absolute atomic E-state index is 0.775. The molecule has 0 unspecified atom stereocenters. The molecule has 0 saturated heterocycles. The highest BCUT2D eigenvalue weighted by molar-refractivity contribution is 14.2. The van der Waals surface area contributed by atoms with Crippen LogP contribution in [-0.4, -0.2) is 31.4 Å². The standard InChI is InChI=1S/C13H14BI2N5/c1-17-11-12(19-8-20-13(11)21(15)16)18-6-5-9-3-2-4-10(14)7-9/h2-4,7-8,17H,5-6H2,1H3,(H,18,19,20).